The van der Waals surface area contributed by atoms with Crippen molar-refractivity contribution in [2.24, 2.45) is 0 Å². The maximum Gasteiger partial charge on any atom is 0.282 e. The highest BCUT2D eigenvalue weighted by molar-refractivity contribution is 7.86. The van der Waals surface area contributed by atoms with E-state index in [1.807, 2.05) is 0 Å². The third-order valence-corrected chi connectivity index (χ3v) is 8.56. The van der Waals surface area contributed by atoms with Gasteiger partial charge in [-0.25, -0.2) is 0 Å². The van der Waals surface area contributed by atoms with E-state index >= 15 is 0 Å². The van der Waals surface area contributed by atoms with Gasteiger partial charge in [-0.2, -0.15) is 17.0 Å². The van der Waals surface area contributed by atoms with Gasteiger partial charge in [0.2, 0.25) is 0 Å². The largest absolute Gasteiger partial charge is 0.360 e. The van der Waals surface area contributed by atoms with Gasteiger partial charge in [0, 0.05) is 56.3 Å². The summed E-state index contributed by atoms with van der Waals surface area (Å²) in [6.07, 6.45) is 5.22. The zero-order chi connectivity index (χ0) is 19.3. The molecule has 4 fully saturated rings. The number of fused-ring (bicyclic) bond motifs is 2. The number of piperazine rings is 1. The summed E-state index contributed by atoms with van der Waals surface area (Å²) in [5.74, 6) is 0.990. The van der Waals surface area contributed by atoms with Crippen LogP contribution in [0.1, 0.15) is 60.7 Å². The maximum atomic E-state index is 13.1. The summed E-state index contributed by atoms with van der Waals surface area (Å²) in [5, 5.41) is 10.2. The molecule has 10 heteroatoms. The Balaban J connectivity index is 1.24. The van der Waals surface area contributed by atoms with Gasteiger partial charge in [0.05, 0.1) is 0 Å². The van der Waals surface area contributed by atoms with Gasteiger partial charge in [-0.05, 0) is 38.5 Å². The molecule has 3 atom stereocenters. The minimum Gasteiger partial charge on any atom is -0.360 e. The zero-order valence-electron chi connectivity index (χ0n) is 15.8. The second-order valence-corrected chi connectivity index (χ2v) is 10.2. The van der Waals surface area contributed by atoms with Gasteiger partial charge in [0.1, 0.15) is 5.76 Å². The van der Waals surface area contributed by atoms with Crippen LogP contribution in [0.2, 0.25) is 0 Å². The van der Waals surface area contributed by atoms with Crippen LogP contribution in [0, 0.1) is 0 Å². The fraction of sp³-hybridized carbons (Fsp3) is 0.778. The first kappa shape index (κ1) is 18.5. The number of hydrogen-bond acceptors (Lipinski definition) is 6. The van der Waals surface area contributed by atoms with Crippen molar-refractivity contribution < 1.29 is 17.7 Å². The quantitative estimate of drug-likeness (QED) is 0.730. The molecule has 9 nitrogen and oxygen atoms in total. The minimum absolute atomic E-state index is 0.0273. The third kappa shape index (κ3) is 3.36. The Labute approximate surface area is 165 Å². The number of aromatic nitrogens is 1. The lowest BCUT2D eigenvalue weighted by atomic mass is 9.99. The fourth-order valence-corrected chi connectivity index (χ4v) is 6.90. The highest BCUT2D eigenvalue weighted by Crippen LogP contribution is 2.41. The molecule has 1 aromatic rings. The van der Waals surface area contributed by atoms with Gasteiger partial charge < -0.3 is 15.2 Å². The smallest absolute Gasteiger partial charge is 0.282 e. The van der Waals surface area contributed by atoms with Crippen LogP contribution in [0.15, 0.2) is 10.6 Å². The first-order valence-corrected chi connectivity index (χ1v) is 11.7. The van der Waals surface area contributed by atoms with Gasteiger partial charge in [0.25, 0.3) is 16.1 Å². The van der Waals surface area contributed by atoms with E-state index in [1.54, 1.807) is 14.7 Å². The Bertz CT molecular complexity index is 832. The molecule has 28 heavy (non-hydrogen) atoms. The highest BCUT2D eigenvalue weighted by Gasteiger charge is 2.49. The van der Waals surface area contributed by atoms with Gasteiger partial charge in [-0.1, -0.05) is 5.16 Å². The number of amides is 1. The van der Waals surface area contributed by atoms with E-state index in [-0.39, 0.29) is 24.0 Å². The van der Waals surface area contributed by atoms with Gasteiger partial charge in [-0.15, -0.1) is 0 Å². The molecule has 154 valence electrons. The van der Waals surface area contributed by atoms with Crippen LogP contribution in [0.4, 0.5) is 0 Å². The number of piperidine rings is 1. The average molecular weight is 410 g/mol. The SMILES string of the molecule is O=C(NC1C[C@H]2CC[C@@H](C1)N2S(=O)(=O)N1CCNCC1)c1cc(C2CC2)on1. The molecule has 4 aliphatic rings. The summed E-state index contributed by atoms with van der Waals surface area (Å²) in [4.78, 5) is 12.5. The molecule has 3 aliphatic heterocycles. The predicted octanol–water partition coefficient (Wildman–Crippen LogP) is 0.427. The highest BCUT2D eigenvalue weighted by atomic mass is 32.2. The number of rotatable bonds is 5. The zero-order valence-corrected chi connectivity index (χ0v) is 16.7. The van der Waals surface area contributed by atoms with Crippen molar-refractivity contribution in [1.82, 2.24) is 24.4 Å². The second-order valence-electron chi connectivity index (χ2n) is 8.40. The van der Waals surface area contributed by atoms with Crippen molar-refractivity contribution in [2.45, 2.75) is 62.6 Å². The van der Waals surface area contributed by atoms with E-state index in [1.165, 1.54) is 0 Å². The topological polar surface area (TPSA) is 108 Å². The van der Waals surface area contributed by atoms with Crippen LogP contribution < -0.4 is 10.6 Å². The molecule has 1 unspecified atom stereocenters. The van der Waals surface area contributed by atoms with Crippen LogP contribution in [-0.2, 0) is 10.2 Å². The number of carbonyl (C=O) groups is 1. The van der Waals surface area contributed by atoms with E-state index in [9.17, 15) is 13.2 Å². The molecule has 2 N–H and O–H groups in total. The first-order valence-electron chi connectivity index (χ1n) is 10.3. The van der Waals surface area contributed by atoms with Crippen LogP contribution >= 0.6 is 0 Å². The molecule has 1 aliphatic carbocycles. The maximum absolute atomic E-state index is 13.1. The Hall–Kier alpha value is -1.49. The van der Waals surface area contributed by atoms with E-state index in [2.05, 4.69) is 15.8 Å². The van der Waals surface area contributed by atoms with Crippen molar-refractivity contribution in [3.63, 3.8) is 0 Å². The van der Waals surface area contributed by atoms with E-state index < -0.39 is 10.2 Å². The van der Waals surface area contributed by atoms with E-state index in [0.717, 1.165) is 31.4 Å². The Kier molecular flexibility index (Phi) is 4.69. The molecule has 0 radical (unpaired) electrons. The van der Waals surface area contributed by atoms with Crippen LogP contribution in [-0.4, -0.2) is 72.4 Å². The van der Waals surface area contributed by atoms with Gasteiger partial charge in [-0.3, -0.25) is 4.79 Å². The molecule has 5 rings (SSSR count). The standard InChI is InChI=1S/C18H27N5O4S/c24-18(16-11-17(27-21-16)12-1-2-12)20-13-9-14-3-4-15(10-13)23(14)28(25,26)22-7-5-19-6-8-22/h11-15,19H,1-10H2,(H,20,24)/t13?,14-,15+. The van der Waals surface area contributed by atoms with Gasteiger partial charge in [0.15, 0.2) is 5.69 Å². The normalized spacial score (nSPS) is 31.8. The summed E-state index contributed by atoms with van der Waals surface area (Å²) < 4.78 is 34.9. The monoisotopic (exact) mass is 409 g/mol. The molecule has 2 bridgehead atoms. The lowest BCUT2D eigenvalue weighted by molar-refractivity contribution is 0.0898. The molecular weight excluding hydrogens is 382 g/mol. The van der Waals surface area contributed by atoms with Crippen molar-refractivity contribution in [1.29, 1.82) is 0 Å². The van der Waals surface area contributed by atoms with Crippen LogP contribution in [0.3, 0.4) is 0 Å². The number of hydrogen-bond donors (Lipinski definition) is 2. The second kappa shape index (κ2) is 7.08. The average Bonchev–Trinajstić information content (AvgIpc) is 3.35. The Morgan fingerprint density at radius 1 is 1.14 bits per heavy atom. The molecule has 1 aromatic heterocycles. The minimum atomic E-state index is -3.44. The summed E-state index contributed by atoms with van der Waals surface area (Å²) in [6, 6.07) is 1.64. The molecule has 0 aromatic carbocycles. The molecule has 0 spiro atoms. The fourth-order valence-electron chi connectivity index (χ4n) is 4.85. The lowest BCUT2D eigenvalue weighted by Crippen LogP contribution is -2.58. The molecule has 1 amide bonds. The lowest BCUT2D eigenvalue weighted by Gasteiger charge is -2.41. The summed E-state index contributed by atoms with van der Waals surface area (Å²) >= 11 is 0. The number of nitrogens with one attached hydrogen (secondary N) is 2. The van der Waals surface area contributed by atoms with Crippen LogP contribution in [0.5, 0.6) is 0 Å². The van der Waals surface area contributed by atoms with E-state index in [0.29, 0.717) is 50.6 Å². The number of carbonyl (C=O) groups excluding carboxylic acids is 1. The van der Waals surface area contributed by atoms with Crippen molar-refractivity contribution >= 4 is 16.1 Å². The first-order chi connectivity index (χ1) is 13.5. The molecule has 3 saturated heterocycles. The predicted molar refractivity (Wildman–Crippen MR) is 101 cm³/mol. The van der Waals surface area contributed by atoms with Crippen molar-refractivity contribution in [2.75, 3.05) is 26.2 Å². The number of nitrogens with zero attached hydrogens (tertiary/aromatic N) is 3. The Morgan fingerprint density at radius 3 is 2.46 bits per heavy atom. The van der Waals surface area contributed by atoms with Crippen LogP contribution in [0.25, 0.3) is 0 Å². The molecular formula is C18H27N5O4S. The van der Waals surface area contributed by atoms with E-state index in [4.69, 9.17) is 4.52 Å². The Morgan fingerprint density at radius 2 is 1.82 bits per heavy atom. The van der Waals surface area contributed by atoms with Crippen molar-refractivity contribution in [3.05, 3.63) is 17.5 Å². The summed E-state index contributed by atoms with van der Waals surface area (Å²) in [6.45, 7) is 2.44. The van der Waals surface area contributed by atoms with Crippen molar-refractivity contribution in [3.8, 4) is 0 Å². The summed E-state index contributed by atoms with van der Waals surface area (Å²) in [5.41, 5.74) is 0.324. The molecule has 4 heterocycles. The van der Waals surface area contributed by atoms with Gasteiger partial charge >= 0.3 is 0 Å². The molecule has 1 saturated carbocycles. The third-order valence-electron chi connectivity index (χ3n) is 6.41. The summed E-state index contributed by atoms with van der Waals surface area (Å²) in [7, 11) is -3.44.